The molecule has 0 aliphatic carbocycles. The van der Waals surface area contributed by atoms with Crippen LogP contribution in [0.5, 0.6) is 0 Å². The molecule has 6 heteroatoms. The largest absolute Gasteiger partial charge is 0.382 e. The summed E-state index contributed by atoms with van der Waals surface area (Å²) in [5.41, 5.74) is 0. The van der Waals surface area contributed by atoms with E-state index in [1.54, 1.807) is 28.4 Å². The van der Waals surface area contributed by atoms with Gasteiger partial charge in [0.2, 0.25) is 0 Å². The van der Waals surface area contributed by atoms with Crippen molar-refractivity contribution in [3.63, 3.8) is 0 Å². The lowest BCUT2D eigenvalue weighted by Gasteiger charge is -2.52. The van der Waals surface area contributed by atoms with Gasteiger partial charge in [0.15, 0.2) is 5.79 Å². The SMILES string of the molecule is COC[C@H]1O[C@]2(CCCCO2)[C@@H](OC)[C@@H](OC)[C@@H]1OC. The molecule has 0 bridgehead atoms. The molecule has 0 unspecified atom stereocenters. The van der Waals surface area contributed by atoms with Crippen molar-refractivity contribution in [1.29, 1.82) is 0 Å². The molecule has 2 heterocycles. The van der Waals surface area contributed by atoms with Crippen molar-refractivity contribution in [3.05, 3.63) is 0 Å². The van der Waals surface area contributed by atoms with Gasteiger partial charge in [-0.15, -0.1) is 0 Å². The van der Waals surface area contributed by atoms with Crippen LogP contribution >= 0.6 is 0 Å². The zero-order chi connectivity index (χ0) is 14.6. The first kappa shape index (κ1) is 16.1. The Balaban J connectivity index is 2.27. The minimum Gasteiger partial charge on any atom is -0.382 e. The lowest BCUT2D eigenvalue weighted by molar-refractivity contribution is -0.381. The van der Waals surface area contributed by atoms with Crippen LogP contribution < -0.4 is 0 Å². The molecule has 0 saturated carbocycles. The first-order valence-corrected chi connectivity index (χ1v) is 7.11. The third-order valence-electron chi connectivity index (χ3n) is 4.17. The lowest BCUT2D eigenvalue weighted by Crippen LogP contribution is -2.68. The normalized spacial score (nSPS) is 42.0. The van der Waals surface area contributed by atoms with E-state index in [4.69, 9.17) is 28.4 Å². The fourth-order valence-corrected chi connectivity index (χ4v) is 3.28. The van der Waals surface area contributed by atoms with Gasteiger partial charge in [0.25, 0.3) is 0 Å². The smallest absolute Gasteiger partial charge is 0.197 e. The Bertz CT molecular complexity index is 291. The number of hydrogen-bond donors (Lipinski definition) is 0. The summed E-state index contributed by atoms with van der Waals surface area (Å²) in [6.07, 6.45) is 1.83. The molecule has 20 heavy (non-hydrogen) atoms. The summed E-state index contributed by atoms with van der Waals surface area (Å²) in [5, 5.41) is 0. The predicted octanol–water partition coefficient (Wildman–Crippen LogP) is 0.973. The van der Waals surface area contributed by atoms with E-state index in [1.807, 2.05) is 0 Å². The Labute approximate surface area is 120 Å². The maximum atomic E-state index is 6.22. The third kappa shape index (κ3) is 2.86. The maximum Gasteiger partial charge on any atom is 0.197 e. The van der Waals surface area contributed by atoms with Crippen LogP contribution in [-0.2, 0) is 28.4 Å². The van der Waals surface area contributed by atoms with Crippen molar-refractivity contribution in [3.8, 4) is 0 Å². The Hall–Kier alpha value is -0.240. The van der Waals surface area contributed by atoms with Crippen LogP contribution in [0.3, 0.4) is 0 Å². The summed E-state index contributed by atoms with van der Waals surface area (Å²) >= 11 is 0. The molecule has 6 nitrogen and oxygen atoms in total. The molecule has 2 rings (SSSR count). The molecule has 2 aliphatic heterocycles. The molecule has 2 fully saturated rings. The molecular weight excluding hydrogens is 264 g/mol. The predicted molar refractivity (Wildman–Crippen MR) is 71.7 cm³/mol. The van der Waals surface area contributed by atoms with E-state index >= 15 is 0 Å². The molecule has 118 valence electrons. The second kappa shape index (κ2) is 7.15. The Morgan fingerprint density at radius 3 is 2.25 bits per heavy atom. The van der Waals surface area contributed by atoms with Gasteiger partial charge in [-0.1, -0.05) is 0 Å². The zero-order valence-corrected chi connectivity index (χ0v) is 12.8. The Morgan fingerprint density at radius 1 is 1.00 bits per heavy atom. The summed E-state index contributed by atoms with van der Waals surface area (Å²) in [6.45, 7) is 1.10. The van der Waals surface area contributed by atoms with Crippen LogP contribution in [0.15, 0.2) is 0 Å². The van der Waals surface area contributed by atoms with Crippen molar-refractivity contribution >= 4 is 0 Å². The van der Waals surface area contributed by atoms with Gasteiger partial charge in [-0.2, -0.15) is 0 Å². The number of rotatable bonds is 5. The first-order valence-electron chi connectivity index (χ1n) is 7.11. The summed E-state index contributed by atoms with van der Waals surface area (Å²) < 4.78 is 34.3. The Morgan fingerprint density at radius 2 is 1.75 bits per heavy atom. The van der Waals surface area contributed by atoms with Gasteiger partial charge in [-0.25, -0.2) is 0 Å². The van der Waals surface area contributed by atoms with Gasteiger partial charge in [-0.3, -0.25) is 0 Å². The summed E-state index contributed by atoms with van der Waals surface area (Å²) in [5.74, 6) is -0.758. The van der Waals surface area contributed by atoms with Crippen LogP contribution in [0.2, 0.25) is 0 Å². The van der Waals surface area contributed by atoms with Gasteiger partial charge in [0, 0.05) is 34.9 Å². The summed E-state index contributed by atoms with van der Waals surface area (Å²) in [7, 11) is 6.61. The van der Waals surface area contributed by atoms with Gasteiger partial charge >= 0.3 is 0 Å². The fraction of sp³-hybridized carbons (Fsp3) is 1.00. The highest BCUT2D eigenvalue weighted by molar-refractivity contribution is 5.00. The van der Waals surface area contributed by atoms with E-state index < -0.39 is 5.79 Å². The minimum absolute atomic E-state index is 0.237. The average Bonchev–Trinajstić information content (AvgIpc) is 2.47. The number of ether oxygens (including phenoxy) is 6. The van der Waals surface area contributed by atoms with Crippen LogP contribution in [0.4, 0.5) is 0 Å². The highest BCUT2D eigenvalue weighted by Crippen LogP contribution is 2.40. The highest BCUT2D eigenvalue weighted by atomic mass is 16.7. The quantitative estimate of drug-likeness (QED) is 0.752. The fourth-order valence-electron chi connectivity index (χ4n) is 3.28. The molecule has 0 radical (unpaired) electrons. The molecular formula is C14H26O6. The molecule has 2 aliphatic rings. The molecule has 2 saturated heterocycles. The first-order chi connectivity index (χ1) is 9.72. The van der Waals surface area contributed by atoms with Crippen LogP contribution in [0.1, 0.15) is 19.3 Å². The maximum absolute atomic E-state index is 6.22. The van der Waals surface area contributed by atoms with Crippen LogP contribution in [0, 0.1) is 0 Å². The second-order valence-electron chi connectivity index (χ2n) is 5.29. The van der Waals surface area contributed by atoms with Crippen molar-refractivity contribution in [2.75, 3.05) is 41.7 Å². The molecule has 0 aromatic heterocycles. The van der Waals surface area contributed by atoms with E-state index in [0.29, 0.717) is 13.2 Å². The number of hydrogen-bond acceptors (Lipinski definition) is 6. The number of methoxy groups -OCH3 is 4. The van der Waals surface area contributed by atoms with E-state index in [9.17, 15) is 0 Å². The standard InChI is InChI=1S/C14H26O6/c1-15-9-10-11(16-2)12(17-3)13(18-4)14(20-10)7-5-6-8-19-14/h10-13H,5-9H2,1-4H3/t10-,11-,12+,13+,14-/m1/s1. The molecule has 0 N–H and O–H groups in total. The van der Waals surface area contributed by atoms with Gasteiger partial charge in [0.1, 0.15) is 24.4 Å². The molecule has 0 amide bonds. The van der Waals surface area contributed by atoms with E-state index in [-0.39, 0.29) is 24.4 Å². The molecule has 0 aromatic carbocycles. The highest BCUT2D eigenvalue weighted by Gasteiger charge is 2.57. The Kier molecular flexibility index (Phi) is 5.77. The molecule has 5 atom stereocenters. The van der Waals surface area contributed by atoms with E-state index in [1.165, 1.54) is 0 Å². The van der Waals surface area contributed by atoms with Crippen molar-refractivity contribution in [2.45, 2.75) is 49.5 Å². The van der Waals surface area contributed by atoms with Crippen molar-refractivity contribution in [1.82, 2.24) is 0 Å². The molecule has 0 aromatic rings. The van der Waals surface area contributed by atoms with E-state index in [0.717, 1.165) is 19.3 Å². The lowest BCUT2D eigenvalue weighted by atomic mass is 9.87. The van der Waals surface area contributed by atoms with Crippen LogP contribution in [0.25, 0.3) is 0 Å². The van der Waals surface area contributed by atoms with Crippen molar-refractivity contribution < 1.29 is 28.4 Å². The summed E-state index contributed by atoms with van der Waals surface area (Å²) in [4.78, 5) is 0. The minimum atomic E-state index is -0.758. The third-order valence-corrected chi connectivity index (χ3v) is 4.17. The van der Waals surface area contributed by atoms with Crippen molar-refractivity contribution in [2.24, 2.45) is 0 Å². The topological polar surface area (TPSA) is 55.4 Å². The van der Waals surface area contributed by atoms with Crippen LogP contribution in [-0.4, -0.2) is 71.9 Å². The van der Waals surface area contributed by atoms with E-state index in [2.05, 4.69) is 0 Å². The van der Waals surface area contributed by atoms with Gasteiger partial charge < -0.3 is 28.4 Å². The summed E-state index contributed by atoms with van der Waals surface area (Å²) in [6, 6.07) is 0. The van der Waals surface area contributed by atoms with Gasteiger partial charge in [0.05, 0.1) is 13.2 Å². The average molecular weight is 290 g/mol. The second-order valence-corrected chi connectivity index (χ2v) is 5.29. The monoisotopic (exact) mass is 290 g/mol. The zero-order valence-electron chi connectivity index (χ0n) is 12.8. The molecule has 1 spiro atoms. The van der Waals surface area contributed by atoms with Gasteiger partial charge in [-0.05, 0) is 12.8 Å².